The van der Waals surface area contributed by atoms with Gasteiger partial charge in [0.25, 0.3) is 0 Å². The first-order valence-electron chi connectivity index (χ1n) is 4.98. The lowest BCUT2D eigenvalue weighted by Crippen LogP contribution is -2.37. The molecule has 0 atom stereocenters. The van der Waals surface area contributed by atoms with Crippen LogP contribution in [-0.2, 0) is 13.0 Å². The molecule has 0 bridgehead atoms. The van der Waals surface area contributed by atoms with Gasteiger partial charge in [0.15, 0.2) is 0 Å². The van der Waals surface area contributed by atoms with Gasteiger partial charge in [0, 0.05) is 43.0 Å². The molecule has 76 valence electrons. The van der Waals surface area contributed by atoms with Crippen molar-refractivity contribution in [1.29, 1.82) is 0 Å². The fourth-order valence-corrected chi connectivity index (χ4v) is 1.81. The molecule has 1 N–H and O–H groups in total. The van der Waals surface area contributed by atoms with E-state index in [4.69, 9.17) is 0 Å². The van der Waals surface area contributed by atoms with E-state index < -0.39 is 0 Å². The monoisotopic (exact) mass is 193 g/mol. The smallest absolute Gasteiger partial charge is 0.309 e. The lowest BCUT2D eigenvalue weighted by molar-refractivity contribution is 0.201. The van der Waals surface area contributed by atoms with Crippen molar-refractivity contribution in [1.82, 2.24) is 14.9 Å². The van der Waals surface area contributed by atoms with Gasteiger partial charge in [-0.2, -0.15) is 0 Å². The average molecular weight is 193 g/mol. The average Bonchev–Trinajstić information content (AvgIpc) is 2.16. The number of hydrogen-bond donors (Lipinski definition) is 1. The summed E-state index contributed by atoms with van der Waals surface area (Å²) in [6.07, 6.45) is 2.62. The molecule has 0 unspecified atom stereocenters. The Morgan fingerprint density at radius 3 is 3.07 bits per heavy atom. The molecule has 0 aliphatic carbocycles. The molecule has 0 radical (unpaired) electrons. The van der Waals surface area contributed by atoms with Gasteiger partial charge < -0.3 is 4.98 Å². The summed E-state index contributed by atoms with van der Waals surface area (Å²) < 4.78 is 0. The Balaban J connectivity index is 2.27. The first kappa shape index (κ1) is 9.40. The van der Waals surface area contributed by atoms with E-state index >= 15 is 0 Å². The minimum absolute atomic E-state index is 0.234. The Bertz CT molecular complexity index is 383. The largest absolute Gasteiger partial charge is 0.345 e. The van der Waals surface area contributed by atoms with E-state index in [2.05, 4.69) is 28.7 Å². The second-order valence-electron chi connectivity index (χ2n) is 4.01. The summed E-state index contributed by atoms with van der Waals surface area (Å²) in [6.45, 7) is 6.29. The maximum atomic E-state index is 11.0. The van der Waals surface area contributed by atoms with Crippen molar-refractivity contribution in [2.45, 2.75) is 32.9 Å². The number of rotatable bonds is 1. The zero-order valence-corrected chi connectivity index (χ0v) is 8.58. The summed E-state index contributed by atoms with van der Waals surface area (Å²) >= 11 is 0. The van der Waals surface area contributed by atoms with E-state index in [1.54, 1.807) is 6.20 Å². The molecular formula is C10H15N3O. The van der Waals surface area contributed by atoms with Crippen LogP contribution in [0, 0.1) is 0 Å². The maximum absolute atomic E-state index is 11.0. The molecule has 1 aliphatic heterocycles. The molecule has 0 spiro atoms. The Labute approximate surface area is 83.0 Å². The number of nitrogens with zero attached hydrogens (tertiary/aromatic N) is 2. The standard InChI is InChI=1S/C10H15N3O/c1-7(2)13-4-3-9-8(6-13)5-11-10(14)12-9/h5,7H,3-4,6H2,1-2H3,(H,11,12,14). The van der Waals surface area contributed by atoms with Crippen LogP contribution < -0.4 is 5.69 Å². The highest BCUT2D eigenvalue weighted by molar-refractivity contribution is 5.18. The van der Waals surface area contributed by atoms with Crippen LogP contribution in [0.15, 0.2) is 11.0 Å². The lowest BCUT2D eigenvalue weighted by atomic mass is 10.1. The number of aromatic nitrogens is 2. The topological polar surface area (TPSA) is 49.0 Å². The number of aromatic amines is 1. The minimum atomic E-state index is -0.234. The van der Waals surface area contributed by atoms with Gasteiger partial charge in [-0.3, -0.25) is 4.90 Å². The predicted molar refractivity (Wildman–Crippen MR) is 54.1 cm³/mol. The zero-order valence-electron chi connectivity index (χ0n) is 8.58. The van der Waals surface area contributed by atoms with Crippen LogP contribution in [0.3, 0.4) is 0 Å². The SMILES string of the molecule is CC(C)N1CCc2[nH]c(=O)ncc2C1. The predicted octanol–water partition coefficient (Wildman–Crippen LogP) is 0.536. The van der Waals surface area contributed by atoms with Crippen molar-refractivity contribution in [3.8, 4) is 0 Å². The molecule has 0 amide bonds. The summed E-state index contributed by atoms with van der Waals surface area (Å²) in [6, 6.07) is 0.551. The lowest BCUT2D eigenvalue weighted by Gasteiger charge is -2.31. The van der Waals surface area contributed by atoms with Gasteiger partial charge in [-0.15, -0.1) is 0 Å². The first-order chi connectivity index (χ1) is 6.66. The molecule has 4 heteroatoms. The molecule has 0 fully saturated rings. The van der Waals surface area contributed by atoms with Gasteiger partial charge in [-0.25, -0.2) is 9.78 Å². The van der Waals surface area contributed by atoms with Crippen molar-refractivity contribution in [2.24, 2.45) is 0 Å². The number of hydrogen-bond acceptors (Lipinski definition) is 3. The molecule has 0 saturated heterocycles. The molecular weight excluding hydrogens is 178 g/mol. The summed E-state index contributed by atoms with van der Waals surface area (Å²) in [5.41, 5.74) is 1.98. The van der Waals surface area contributed by atoms with Crippen molar-refractivity contribution in [2.75, 3.05) is 6.54 Å². The summed E-state index contributed by atoms with van der Waals surface area (Å²) in [5, 5.41) is 0. The van der Waals surface area contributed by atoms with E-state index in [1.165, 1.54) is 0 Å². The van der Waals surface area contributed by atoms with E-state index in [-0.39, 0.29) is 5.69 Å². The maximum Gasteiger partial charge on any atom is 0.345 e. The Hall–Kier alpha value is -1.16. The molecule has 1 aliphatic rings. The summed E-state index contributed by atoms with van der Waals surface area (Å²) in [4.78, 5) is 19.9. The second kappa shape index (κ2) is 3.53. The first-order valence-corrected chi connectivity index (χ1v) is 4.98. The molecule has 14 heavy (non-hydrogen) atoms. The summed E-state index contributed by atoms with van der Waals surface area (Å²) in [5.74, 6) is 0. The number of H-pyrrole nitrogens is 1. The second-order valence-corrected chi connectivity index (χ2v) is 4.01. The highest BCUT2D eigenvalue weighted by Gasteiger charge is 2.18. The van der Waals surface area contributed by atoms with Crippen LogP contribution in [0.5, 0.6) is 0 Å². The number of nitrogens with one attached hydrogen (secondary N) is 1. The van der Waals surface area contributed by atoms with Gasteiger partial charge >= 0.3 is 5.69 Å². The van der Waals surface area contributed by atoms with Gasteiger partial charge in [0.05, 0.1) is 0 Å². The molecule has 2 rings (SSSR count). The molecule has 1 aromatic rings. The van der Waals surface area contributed by atoms with E-state index in [1.807, 2.05) is 0 Å². The van der Waals surface area contributed by atoms with Crippen molar-refractivity contribution in [3.05, 3.63) is 27.9 Å². The molecule has 1 aromatic heterocycles. The summed E-state index contributed by atoms with van der Waals surface area (Å²) in [7, 11) is 0. The van der Waals surface area contributed by atoms with Gasteiger partial charge in [-0.05, 0) is 13.8 Å². The highest BCUT2D eigenvalue weighted by atomic mass is 16.1. The Morgan fingerprint density at radius 1 is 1.57 bits per heavy atom. The van der Waals surface area contributed by atoms with Gasteiger partial charge in [0.1, 0.15) is 0 Å². The van der Waals surface area contributed by atoms with Crippen LogP contribution in [0.2, 0.25) is 0 Å². The third kappa shape index (κ3) is 1.70. The minimum Gasteiger partial charge on any atom is -0.309 e. The molecule has 0 saturated carbocycles. The van der Waals surface area contributed by atoms with Crippen molar-refractivity contribution < 1.29 is 0 Å². The zero-order chi connectivity index (χ0) is 10.1. The van der Waals surface area contributed by atoms with Crippen LogP contribution >= 0.6 is 0 Å². The fourth-order valence-electron chi connectivity index (χ4n) is 1.81. The van der Waals surface area contributed by atoms with Crippen LogP contribution in [-0.4, -0.2) is 27.5 Å². The molecule has 2 heterocycles. The number of fused-ring (bicyclic) bond motifs is 1. The van der Waals surface area contributed by atoms with Crippen molar-refractivity contribution in [3.63, 3.8) is 0 Å². The molecule has 0 aromatic carbocycles. The van der Waals surface area contributed by atoms with Gasteiger partial charge in [0.2, 0.25) is 0 Å². The van der Waals surface area contributed by atoms with E-state index in [0.717, 1.165) is 30.8 Å². The molecule has 4 nitrogen and oxygen atoms in total. The van der Waals surface area contributed by atoms with E-state index in [9.17, 15) is 4.79 Å². The van der Waals surface area contributed by atoms with E-state index in [0.29, 0.717) is 6.04 Å². The third-order valence-electron chi connectivity index (χ3n) is 2.74. The highest BCUT2D eigenvalue weighted by Crippen LogP contribution is 2.16. The third-order valence-corrected chi connectivity index (χ3v) is 2.74. The van der Waals surface area contributed by atoms with Crippen LogP contribution in [0.1, 0.15) is 25.1 Å². The quantitative estimate of drug-likeness (QED) is 0.708. The van der Waals surface area contributed by atoms with Crippen LogP contribution in [0.25, 0.3) is 0 Å². The fraction of sp³-hybridized carbons (Fsp3) is 0.600. The Kier molecular flexibility index (Phi) is 2.37. The van der Waals surface area contributed by atoms with Crippen molar-refractivity contribution >= 4 is 0 Å². The van der Waals surface area contributed by atoms with Crippen LogP contribution in [0.4, 0.5) is 0 Å². The normalized spacial score (nSPS) is 17.1. The van der Waals surface area contributed by atoms with Gasteiger partial charge in [-0.1, -0.05) is 0 Å². The Morgan fingerprint density at radius 2 is 2.36 bits per heavy atom.